The number of para-hydroxylation sites is 1. The van der Waals surface area contributed by atoms with E-state index in [0.29, 0.717) is 12.3 Å². The highest BCUT2D eigenvalue weighted by molar-refractivity contribution is 5.76. The Balaban J connectivity index is 1.99. The number of anilines is 1. The second-order valence-electron chi connectivity index (χ2n) is 4.35. The summed E-state index contributed by atoms with van der Waals surface area (Å²) in [5.41, 5.74) is 8.20. The van der Waals surface area contributed by atoms with Crippen molar-refractivity contribution in [1.29, 1.82) is 5.41 Å². The molecule has 0 saturated heterocycles. The van der Waals surface area contributed by atoms with Crippen molar-refractivity contribution in [1.82, 2.24) is 0 Å². The van der Waals surface area contributed by atoms with E-state index in [9.17, 15) is 0 Å². The fourth-order valence-corrected chi connectivity index (χ4v) is 2.30. The smallest absolute Gasteiger partial charge is 0.0905 e. The molecule has 1 aliphatic rings. The summed E-state index contributed by atoms with van der Waals surface area (Å²) >= 11 is 0. The monoisotopic (exact) mass is 217 g/mol. The molecule has 0 amide bonds. The molecule has 1 aromatic rings. The summed E-state index contributed by atoms with van der Waals surface area (Å²) in [6, 6.07) is 8.62. The predicted octanol–water partition coefficient (Wildman–Crippen LogP) is 2.16. The van der Waals surface area contributed by atoms with Crippen LogP contribution in [-0.4, -0.2) is 18.9 Å². The number of rotatable bonds is 4. The third-order valence-electron chi connectivity index (χ3n) is 3.08. The Morgan fingerprint density at radius 3 is 3.00 bits per heavy atom. The van der Waals surface area contributed by atoms with Crippen molar-refractivity contribution in [3.63, 3.8) is 0 Å². The standard InChI is InChI=1S/C13H19N3/c14-13(15)8-4-10-16-9-3-6-11-5-1-2-7-12(11)16/h1-2,5,7H,3-4,6,8-10H2,(H3,14,15). The molecule has 3 N–H and O–H groups in total. The highest BCUT2D eigenvalue weighted by Crippen LogP contribution is 2.26. The normalized spacial score (nSPS) is 14.6. The van der Waals surface area contributed by atoms with Crippen molar-refractivity contribution in [2.24, 2.45) is 5.73 Å². The highest BCUT2D eigenvalue weighted by atomic mass is 15.1. The van der Waals surface area contributed by atoms with E-state index in [1.165, 1.54) is 24.1 Å². The molecule has 3 nitrogen and oxygen atoms in total. The van der Waals surface area contributed by atoms with Gasteiger partial charge in [0, 0.05) is 25.2 Å². The topological polar surface area (TPSA) is 53.1 Å². The number of nitrogens with two attached hydrogens (primary N) is 1. The molecule has 0 atom stereocenters. The van der Waals surface area contributed by atoms with Gasteiger partial charge in [0.25, 0.3) is 0 Å². The number of amidine groups is 1. The second-order valence-corrected chi connectivity index (χ2v) is 4.35. The Labute approximate surface area is 96.8 Å². The summed E-state index contributed by atoms with van der Waals surface area (Å²) in [5, 5.41) is 7.22. The van der Waals surface area contributed by atoms with Gasteiger partial charge in [0.05, 0.1) is 5.84 Å². The molecular formula is C13H19N3. The van der Waals surface area contributed by atoms with Crippen molar-refractivity contribution in [2.45, 2.75) is 25.7 Å². The Hall–Kier alpha value is -1.51. The van der Waals surface area contributed by atoms with Crippen LogP contribution in [0.15, 0.2) is 24.3 Å². The molecule has 0 spiro atoms. The first-order chi connectivity index (χ1) is 7.77. The quantitative estimate of drug-likeness (QED) is 0.600. The summed E-state index contributed by atoms with van der Waals surface area (Å²) in [4.78, 5) is 2.42. The van der Waals surface area contributed by atoms with Gasteiger partial charge >= 0.3 is 0 Å². The molecule has 1 aliphatic heterocycles. The van der Waals surface area contributed by atoms with E-state index >= 15 is 0 Å². The van der Waals surface area contributed by atoms with Gasteiger partial charge in [-0.3, -0.25) is 5.41 Å². The molecule has 86 valence electrons. The third-order valence-corrected chi connectivity index (χ3v) is 3.08. The molecule has 1 aromatic carbocycles. The lowest BCUT2D eigenvalue weighted by Crippen LogP contribution is -2.30. The van der Waals surface area contributed by atoms with Gasteiger partial charge < -0.3 is 10.6 Å². The van der Waals surface area contributed by atoms with Crippen LogP contribution in [0.25, 0.3) is 0 Å². The second kappa shape index (κ2) is 5.01. The van der Waals surface area contributed by atoms with Crippen LogP contribution in [0, 0.1) is 5.41 Å². The first kappa shape index (κ1) is 11.0. The maximum atomic E-state index is 7.22. The summed E-state index contributed by atoms with van der Waals surface area (Å²) in [5.74, 6) is 0.297. The van der Waals surface area contributed by atoms with Crippen LogP contribution in [0.4, 0.5) is 5.69 Å². The number of fused-ring (bicyclic) bond motifs is 1. The summed E-state index contributed by atoms with van der Waals surface area (Å²) in [6.07, 6.45) is 4.11. The number of hydrogen-bond acceptors (Lipinski definition) is 2. The van der Waals surface area contributed by atoms with Gasteiger partial charge in [-0.15, -0.1) is 0 Å². The van der Waals surface area contributed by atoms with E-state index in [4.69, 9.17) is 11.1 Å². The lowest BCUT2D eigenvalue weighted by Gasteiger charge is -2.31. The van der Waals surface area contributed by atoms with Crippen LogP contribution < -0.4 is 10.6 Å². The van der Waals surface area contributed by atoms with E-state index in [-0.39, 0.29) is 0 Å². The first-order valence-corrected chi connectivity index (χ1v) is 5.93. The number of nitrogens with one attached hydrogen (secondary N) is 1. The van der Waals surface area contributed by atoms with Gasteiger partial charge in [-0.25, -0.2) is 0 Å². The zero-order valence-corrected chi connectivity index (χ0v) is 9.58. The number of nitrogens with zero attached hydrogens (tertiary/aromatic N) is 1. The molecule has 3 heteroatoms. The fraction of sp³-hybridized carbons (Fsp3) is 0.462. The van der Waals surface area contributed by atoms with Crippen molar-refractivity contribution in [3.05, 3.63) is 29.8 Å². The van der Waals surface area contributed by atoms with Gasteiger partial charge in [0.1, 0.15) is 0 Å². The Morgan fingerprint density at radius 2 is 2.19 bits per heavy atom. The molecule has 0 unspecified atom stereocenters. The molecule has 0 bridgehead atoms. The SMILES string of the molecule is N=C(N)CCCN1CCCc2ccccc21. The minimum Gasteiger partial charge on any atom is -0.388 e. The van der Waals surface area contributed by atoms with Crippen LogP contribution in [0.1, 0.15) is 24.8 Å². The van der Waals surface area contributed by atoms with Gasteiger partial charge in [-0.1, -0.05) is 18.2 Å². The van der Waals surface area contributed by atoms with Crippen LogP contribution in [0.2, 0.25) is 0 Å². The lowest BCUT2D eigenvalue weighted by molar-refractivity contribution is 0.671. The van der Waals surface area contributed by atoms with Crippen molar-refractivity contribution in [3.8, 4) is 0 Å². The fourth-order valence-electron chi connectivity index (χ4n) is 2.30. The average Bonchev–Trinajstić information content (AvgIpc) is 2.29. The van der Waals surface area contributed by atoms with E-state index in [0.717, 1.165) is 19.5 Å². The lowest BCUT2D eigenvalue weighted by atomic mass is 10.0. The summed E-state index contributed by atoms with van der Waals surface area (Å²) < 4.78 is 0. The van der Waals surface area contributed by atoms with Gasteiger partial charge in [0.15, 0.2) is 0 Å². The van der Waals surface area contributed by atoms with E-state index in [2.05, 4.69) is 29.2 Å². The average molecular weight is 217 g/mol. The zero-order valence-electron chi connectivity index (χ0n) is 9.58. The molecule has 0 aromatic heterocycles. The number of aryl methyl sites for hydroxylation is 1. The molecule has 16 heavy (non-hydrogen) atoms. The van der Waals surface area contributed by atoms with E-state index in [1.807, 2.05) is 0 Å². The van der Waals surface area contributed by atoms with Crippen molar-refractivity contribution in [2.75, 3.05) is 18.0 Å². The van der Waals surface area contributed by atoms with Crippen LogP contribution in [0.5, 0.6) is 0 Å². The number of benzene rings is 1. The molecule has 0 radical (unpaired) electrons. The number of hydrogen-bond donors (Lipinski definition) is 2. The minimum absolute atomic E-state index is 0.297. The Morgan fingerprint density at radius 1 is 1.38 bits per heavy atom. The molecule has 2 rings (SSSR count). The molecule has 1 heterocycles. The first-order valence-electron chi connectivity index (χ1n) is 5.93. The van der Waals surface area contributed by atoms with Gasteiger partial charge in [-0.2, -0.15) is 0 Å². The van der Waals surface area contributed by atoms with Gasteiger partial charge in [0.2, 0.25) is 0 Å². The van der Waals surface area contributed by atoms with Crippen LogP contribution >= 0.6 is 0 Å². The maximum Gasteiger partial charge on any atom is 0.0905 e. The highest BCUT2D eigenvalue weighted by Gasteiger charge is 2.15. The maximum absolute atomic E-state index is 7.22. The largest absolute Gasteiger partial charge is 0.388 e. The molecular weight excluding hydrogens is 198 g/mol. The third kappa shape index (κ3) is 2.54. The van der Waals surface area contributed by atoms with Crippen molar-refractivity contribution >= 4 is 11.5 Å². The Kier molecular flexibility index (Phi) is 3.44. The van der Waals surface area contributed by atoms with Crippen molar-refractivity contribution < 1.29 is 0 Å². The molecule has 0 aliphatic carbocycles. The van der Waals surface area contributed by atoms with E-state index in [1.54, 1.807) is 0 Å². The van der Waals surface area contributed by atoms with Crippen LogP contribution in [0.3, 0.4) is 0 Å². The predicted molar refractivity (Wildman–Crippen MR) is 68.1 cm³/mol. The summed E-state index contributed by atoms with van der Waals surface area (Å²) in [6.45, 7) is 2.14. The van der Waals surface area contributed by atoms with Crippen LogP contribution in [-0.2, 0) is 6.42 Å². The molecule has 0 fully saturated rings. The minimum atomic E-state index is 0.297. The summed E-state index contributed by atoms with van der Waals surface area (Å²) in [7, 11) is 0. The van der Waals surface area contributed by atoms with Gasteiger partial charge in [-0.05, 0) is 30.9 Å². The van der Waals surface area contributed by atoms with E-state index < -0.39 is 0 Å². The zero-order chi connectivity index (χ0) is 11.4. The molecule has 0 saturated carbocycles. The Bertz CT molecular complexity index is 373.